The molecule has 0 saturated carbocycles. The second-order valence-corrected chi connectivity index (χ2v) is 5.72. The third kappa shape index (κ3) is 4.35. The van der Waals surface area contributed by atoms with Gasteiger partial charge in [0.15, 0.2) is 11.6 Å². The number of carbonyl (C=O) groups is 1. The molecule has 2 aromatic carbocycles. The van der Waals surface area contributed by atoms with Crippen LogP contribution in [-0.2, 0) is 4.79 Å². The van der Waals surface area contributed by atoms with Crippen LogP contribution in [-0.4, -0.2) is 18.8 Å². The Hall–Kier alpha value is -1.79. The van der Waals surface area contributed by atoms with Crippen LogP contribution in [0.2, 0.25) is 5.02 Å². The Morgan fingerprint density at radius 2 is 2.00 bits per heavy atom. The van der Waals surface area contributed by atoms with Crippen LogP contribution in [0.15, 0.2) is 41.3 Å². The monoisotopic (exact) mass is 343 g/mol. The molecule has 0 radical (unpaired) electrons. The predicted molar refractivity (Wildman–Crippen MR) is 83.7 cm³/mol. The van der Waals surface area contributed by atoms with E-state index in [1.807, 2.05) is 0 Å². The zero-order valence-electron chi connectivity index (χ0n) is 11.5. The van der Waals surface area contributed by atoms with Crippen LogP contribution in [0.3, 0.4) is 0 Å². The maximum absolute atomic E-state index is 13.1. The van der Waals surface area contributed by atoms with Crippen LogP contribution in [0.25, 0.3) is 0 Å². The van der Waals surface area contributed by atoms with E-state index in [1.54, 1.807) is 18.2 Å². The number of benzene rings is 2. The van der Waals surface area contributed by atoms with E-state index in [-0.39, 0.29) is 11.7 Å². The van der Waals surface area contributed by atoms with E-state index < -0.39 is 11.6 Å². The first-order chi connectivity index (χ1) is 10.5. The Bertz CT molecular complexity index is 697. The van der Waals surface area contributed by atoms with Gasteiger partial charge in [-0.05, 0) is 36.4 Å². The van der Waals surface area contributed by atoms with Gasteiger partial charge in [-0.2, -0.15) is 0 Å². The van der Waals surface area contributed by atoms with Gasteiger partial charge in [0, 0.05) is 10.6 Å². The third-order valence-corrected chi connectivity index (χ3v) is 3.99. The van der Waals surface area contributed by atoms with Crippen LogP contribution < -0.4 is 10.1 Å². The molecule has 2 rings (SSSR count). The average molecular weight is 344 g/mol. The van der Waals surface area contributed by atoms with Crippen molar-refractivity contribution >= 4 is 35.0 Å². The van der Waals surface area contributed by atoms with E-state index >= 15 is 0 Å². The molecule has 0 saturated heterocycles. The number of ether oxygens (including phenoxy) is 1. The van der Waals surface area contributed by atoms with E-state index in [0.29, 0.717) is 21.4 Å². The Morgan fingerprint density at radius 3 is 2.64 bits per heavy atom. The minimum atomic E-state index is -0.938. The van der Waals surface area contributed by atoms with Gasteiger partial charge in [-0.3, -0.25) is 4.79 Å². The van der Waals surface area contributed by atoms with Crippen molar-refractivity contribution in [1.29, 1.82) is 0 Å². The number of nitrogens with one attached hydrogen (secondary N) is 1. The summed E-state index contributed by atoms with van der Waals surface area (Å²) < 4.78 is 30.9. The lowest BCUT2D eigenvalue weighted by molar-refractivity contribution is -0.113. The molecule has 0 aliphatic heterocycles. The Kier molecular flexibility index (Phi) is 5.63. The van der Waals surface area contributed by atoms with Gasteiger partial charge in [0.2, 0.25) is 5.91 Å². The quantitative estimate of drug-likeness (QED) is 0.820. The summed E-state index contributed by atoms with van der Waals surface area (Å²) in [6.07, 6.45) is 0. The first kappa shape index (κ1) is 16.6. The van der Waals surface area contributed by atoms with Gasteiger partial charge in [-0.1, -0.05) is 11.6 Å². The summed E-state index contributed by atoms with van der Waals surface area (Å²) in [4.78, 5) is 12.3. The van der Waals surface area contributed by atoms with Crippen molar-refractivity contribution in [3.05, 3.63) is 53.1 Å². The molecular formula is C15H12ClF2NO2S. The number of halogens is 3. The molecule has 22 heavy (non-hydrogen) atoms. The summed E-state index contributed by atoms with van der Waals surface area (Å²) in [5, 5.41) is 3.05. The van der Waals surface area contributed by atoms with E-state index in [2.05, 4.69) is 5.32 Å². The van der Waals surface area contributed by atoms with E-state index in [4.69, 9.17) is 16.3 Å². The van der Waals surface area contributed by atoms with E-state index in [9.17, 15) is 13.6 Å². The second-order valence-electron chi connectivity index (χ2n) is 4.26. The predicted octanol–water partition coefficient (Wildman–Crippen LogP) is 4.36. The molecule has 0 aromatic heterocycles. The first-order valence-electron chi connectivity index (χ1n) is 6.21. The van der Waals surface area contributed by atoms with Crippen molar-refractivity contribution in [3.8, 4) is 5.75 Å². The minimum absolute atomic E-state index is 0.0642. The standard InChI is InChI=1S/C15H12ClF2NO2S/c1-21-14-5-2-9(6-11(14)16)19-15(20)8-22-10-3-4-12(17)13(18)7-10/h2-7H,8H2,1H3,(H,19,20). The Labute approximate surface area is 135 Å². The molecule has 0 spiro atoms. The molecule has 116 valence electrons. The van der Waals surface area contributed by atoms with Crippen LogP contribution in [0, 0.1) is 11.6 Å². The fraction of sp³-hybridized carbons (Fsp3) is 0.133. The molecule has 0 heterocycles. The highest BCUT2D eigenvalue weighted by molar-refractivity contribution is 8.00. The third-order valence-electron chi connectivity index (χ3n) is 2.70. The van der Waals surface area contributed by atoms with Crippen molar-refractivity contribution < 1.29 is 18.3 Å². The smallest absolute Gasteiger partial charge is 0.234 e. The van der Waals surface area contributed by atoms with Crippen molar-refractivity contribution in [1.82, 2.24) is 0 Å². The number of hydrogen-bond acceptors (Lipinski definition) is 3. The average Bonchev–Trinajstić information content (AvgIpc) is 2.49. The van der Waals surface area contributed by atoms with Crippen molar-refractivity contribution in [2.75, 3.05) is 18.2 Å². The summed E-state index contributed by atoms with van der Waals surface area (Å²) in [6.45, 7) is 0. The second kappa shape index (κ2) is 7.47. The molecular weight excluding hydrogens is 332 g/mol. The number of carbonyl (C=O) groups excluding carboxylic acids is 1. The molecule has 1 amide bonds. The van der Waals surface area contributed by atoms with Crippen LogP contribution in [0.1, 0.15) is 0 Å². The van der Waals surface area contributed by atoms with Crippen molar-refractivity contribution in [3.63, 3.8) is 0 Å². The van der Waals surface area contributed by atoms with Gasteiger partial charge in [0.1, 0.15) is 5.75 Å². The number of amides is 1. The lowest BCUT2D eigenvalue weighted by Crippen LogP contribution is -2.14. The summed E-state index contributed by atoms with van der Waals surface area (Å²) >= 11 is 7.07. The SMILES string of the molecule is COc1ccc(NC(=O)CSc2ccc(F)c(F)c2)cc1Cl. The summed E-state index contributed by atoms with van der Waals surface area (Å²) in [5.74, 6) is -1.56. The van der Waals surface area contributed by atoms with Crippen LogP contribution in [0.4, 0.5) is 14.5 Å². The highest BCUT2D eigenvalue weighted by Crippen LogP contribution is 2.27. The lowest BCUT2D eigenvalue weighted by Gasteiger charge is -2.08. The number of anilines is 1. The lowest BCUT2D eigenvalue weighted by atomic mass is 10.3. The van der Waals surface area contributed by atoms with Gasteiger partial charge in [0.05, 0.1) is 17.9 Å². The van der Waals surface area contributed by atoms with Gasteiger partial charge in [-0.25, -0.2) is 8.78 Å². The number of thioether (sulfide) groups is 1. The summed E-state index contributed by atoms with van der Waals surface area (Å²) in [6, 6.07) is 8.36. The largest absolute Gasteiger partial charge is 0.495 e. The molecule has 0 fully saturated rings. The number of methoxy groups -OCH3 is 1. The normalized spacial score (nSPS) is 10.4. The maximum Gasteiger partial charge on any atom is 0.234 e. The Morgan fingerprint density at radius 1 is 1.23 bits per heavy atom. The maximum atomic E-state index is 13.1. The summed E-state index contributed by atoms with van der Waals surface area (Å²) in [7, 11) is 1.50. The van der Waals surface area contributed by atoms with Crippen LogP contribution >= 0.6 is 23.4 Å². The van der Waals surface area contributed by atoms with Gasteiger partial charge < -0.3 is 10.1 Å². The van der Waals surface area contributed by atoms with Crippen molar-refractivity contribution in [2.45, 2.75) is 4.90 Å². The Balaban J connectivity index is 1.92. The number of rotatable bonds is 5. The molecule has 0 aliphatic rings. The fourth-order valence-corrected chi connectivity index (χ4v) is 2.64. The minimum Gasteiger partial charge on any atom is -0.495 e. The molecule has 1 N–H and O–H groups in total. The number of hydrogen-bond donors (Lipinski definition) is 1. The molecule has 3 nitrogen and oxygen atoms in total. The van der Waals surface area contributed by atoms with Gasteiger partial charge in [-0.15, -0.1) is 11.8 Å². The first-order valence-corrected chi connectivity index (χ1v) is 7.57. The molecule has 7 heteroatoms. The molecule has 0 aliphatic carbocycles. The fourth-order valence-electron chi connectivity index (χ4n) is 1.66. The zero-order chi connectivity index (χ0) is 16.1. The van der Waals surface area contributed by atoms with Gasteiger partial charge in [0.25, 0.3) is 0 Å². The molecule has 0 unspecified atom stereocenters. The molecule has 0 bridgehead atoms. The zero-order valence-corrected chi connectivity index (χ0v) is 13.1. The highest BCUT2D eigenvalue weighted by atomic mass is 35.5. The van der Waals surface area contributed by atoms with Gasteiger partial charge >= 0.3 is 0 Å². The van der Waals surface area contributed by atoms with E-state index in [1.165, 1.54) is 13.2 Å². The summed E-state index contributed by atoms with van der Waals surface area (Å²) in [5.41, 5.74) is 0.529. The highest BCUT2D eigenvalue weighted by Gasteiger charge is 2.08. The topological polar surface area (TPSA) is 38.3 Å². The van der Waals surface area contributed by atoms with Crippen molar-refractivity contribution in [2.24, 2.45) is 0 Å². The molecule has 0 atom stereocenters. The van der Waals surface area contributed by atoms with Crippen LogP contribution in [0.5, 0.6) is 5.75 Å². The molecule has 2 aromatic rings. The van der Waals surface area contributed by atoms with E-state index in [0.717, 1.165) is 23.9 Å².